The second kappa shape index (κ2) is 67.4. The predicted octanol–water partition coefficient (Wildman–Crippen LogP) is 21.4. The smallest absolute Gasteiger partial charge is 0.114 e. The largest absolute Gasteiger partial charge is 0.381 e. The molecule has 0 amide bonds. The molecule has 0 bridgehead atoms. The van der Waals surface area contributed by atoms with Crippen LogP contribution in [-0.2, 0) is 18.9 Å². The van der Waals surface area contributed by atoms with Crippen molar-refractivity contribution in [3.05, 3.63) is 0 Å². The van der Waals surface area contributed by atoms with Gasteiger partial charge < -0.3 is 63.0 Å². The summed E-state index contributed by atoms with van der Waals surface area (Å²) < 4.78 is 46.3. The van der Waals surface area contributed by atoms with Gasteiger partial charge in [0.25, 0.3) is 0 Å². The van der Waals surface area contributed by atoms with Crippen LogP contribution in [0.2, 0.25) is 0 Å². The van der Waals surface area contributed by atoms with Crippen molar-refractivity contribution in [2.24, 2.45) is 71.4 Å². The number of morpholine rings is 2. The van der Waals surface area contributed by atoms with Crippen LogP contribution in [0, 0.1) is 71.4 Å². The van der Waals surface area contributed by atoms with E-state index in [-0.39, 0.29) is 6.67 Å². The number of likely N-dealkylation sites (tertiary alicyclic amines) is 1. The lowest BCUT2D eigenvalue weighted by atomic mass is 9.81. The lowest BCUT2D eigenvalue weighted by molar-refractivity contribution is -0.0783. The molecular formula is C123H257F2N17O4. The Balaban J connectivity index is 0.000000413. The monoisotopic (exact) mass is 2080 g/mol. The van der Waals surface area contributed by atoms with Crippen molar-refractivity contribution in [3.8, 4) is 0 Å². The van der Waals surface area contributed by atoms with Gasteiger partial charge in [-0.15, -0.1) is 0 Å². The predicted molar refractivity (Wildman–Crippen MR) is 632 cm³/mol. The molecule has 146 heavy (non-hydrogen) atoms. The number of nitrogens with zero attached hydrogens (tertiary/aromatic N) is 17. The Hall–Kier alpha value is -0.980. The Labute approximate surface area is 909 Å². The lowest BCUT2D eigenvalue weighted by Gasteiger charge is -2.43. The maximum atomic E-state index is 12.7. The lowest BCUT2D eigenvalue weighted by Crippen LogP contribution is -2.57. The summed E-state index contributed by atoms with van der Waals surface area (Å²) >= 11 is 0. The van der Waals surface area contributed by atoms with Gasteiger partial charge in [0.15, 0.2) is 0 Å². The Morgan fingerprint density at radius 2 is 0.575 bits per heavy atom. The SMILES string of the molecule is CC(C)(C)CC1CCOCC1.CC(C)(C)CN1CCN(C2CC2)CC1.CC(C)(C)CN1CCN(C2COC2)CC1.CC(C)(C)CN1CCN(CCF)CC1.CC(C)(C)CN1CCOCC1.CC(C)(C)CN1CC[C@H](F)C1.CC(C)CN1CCN(CC(C)(C)C)CC1.CC(C)N1CCN(CC(C)(C)C)CC1.CC(C)N1CCN(CC(C)(C)C)C[C@H]1C.CCN1CCN(CC(C)(C)C)CC1.C[C@@H]1CN(CC(C)(C)C)C[C@H](C)O1. The molecular weight excluding hydrogens is 1820 g/mol. The van der Waals surface area contributed by atoms with Crippen LogP contribution >= 0.6 is 0 Å². The summed E-state index contributed by atoms with van der Waals surface area (Å²) in [6.07, 6.45) is 7.77. The van der Waals surface area contributed by atoms with Crippen molar-refractivity contribution in [2.45, 2.75) is 385 Å². The molecule has 872 valence electrons. The summed E-state index contributed by atoms with van der Waals surface area (Å²) in [4.78, 5) is 43.1. The van der Waals surface area contributed by atoms with Crippen molar-refractivity contribution in [1.29, 1.82) is 0 Å². The standard InChI is InChI=1S/2C13H28N2.C12H24N2O.C12H24N2.C12H26N2.C11H23FN2.C11H24N2.C11H23NO.C10H20O.C9H18FN.C9H19NO/c1-11(2)15-8-7-14(9-12(15)3)10-13(4,5)6;1-12(2)10-14-6-8-15(9-7-14)11-13(3,4)5;1-12(2,3)10-13-4-6-14(7-5-13)11-8-15-9-11;1-12(2,3)10-13-6-8-14(9-7-13)11-4-5-11;1-11(2)14-8-6-13(7-9-14)10-12(3,4)5;1-11(2,3)10-14-8-6-13(5-4-12)7-9-14;1-5-12-6-8-13(9-7-12)10-11(2,3)4;1-9-6-12(7-10(2)13-9)8-11(3,4)5;1-10(2,3)8-9-4-6-11-7-5-9;1-9(2,3)7-11-5-4-8(10)6-11;1-9(2,3)8-10-4-6-11-7-5-10/h11-12H,7-10H2,1-6H3;12H,6-11H2,1-5H3;11H,4-10H2,1-3H3;11H,4-10H2,1-3H3;11H,6-10H2,1-5H3;4-10H2,1-3H3;5-10H2,1-4H3;9-10H,6-8H2,1-5H3;9H,4-8H2,1-3H3;8H,4-7H2,1-3H3;4-8H2,1-3H3/t12-;;;;;;;9-,10+;;8-;/m1........0./s1. The minimum atomic E-state index is -0.572. The molecule has 13 fully saturated rings. The van der Waals surface area contributed by atoms with Crippen molar-refractivity contribution in [2.75, 3.05) is 347 Å². The van der Waals surface area contributed by atoms with Crippen molar-refractivity contribution in [1.82, 2.24) is 83.3 Å². The molecule has 0 spiro atoms. The third-order valence-electron chi connectivity index (χ3n) is 28.5. The highest BCUT2D eigenvalue weighted by atomic mass is 19.1. The second-order valence-corrected chi connectivity index (χ2v) is 61.2. The molecule has 0 aromatic rings. The summed E-state index contributed by atoms with van der Waals surface area (Å²) in [6, 6.07) is 3.80. The normalized spacial score (nSPS) is 24.6. The maximum absolute atomic E-state index is 12.7. The Bertz CT molecular complexity index is 3080. The van der Waals surface area contributed by atoms with Gasteiger partial charge in [0.2, 0.25) is 0 Å². The molecule has 13 rings (SSSR count). The number of hydrogen-bond acceptors (Lipinski definition) is 21. The maximum Gasteiger partial charge on any atom is 0.114 e. The van der Waals surface area contributed by atoms with Gasteiger partial charge in [-0.1, -0.05) is 249 Å². The van der Waals surface area contributed by atoms with Crippen LogP contribution in [0.15, 0.2) is 0 Å². The van der Waals surface area contributed by atoms with Crippen molar-refractivity contribution < 1.29 is 27.7 Å². The molecule has 0 N–H and O–H groups in total. The van der Waals surface area contributed by atoms with Crippen LogP contribution in [0.25, 0.3) is 0 Å². The Morgan fingerprint density at radius 3 is 0.870 bits per heavy atom. The zero-order valence-corrected chi connectivity index (χ0v) is 106. The summed E-state index contributed by atoms with van der Waals surface area (Å²) in [7, 11) is 0. The zero-order valence-electron chi connectivity index (χ0n) is 106. The van der Waals surface area contributed by atoms with Crippen LogP contribution in [-0.4, -0.2) is 479 Å². The molecule has 12 saturated heterocycles. The molecule has 4 atom stereocenters. The summed E-state index contributed by atoms with van der Waals surface area (Å²) in [5.74, 6) is 1.72. The van der Waals surface area contributed by atoms with E-state index in [1.54, 1.807) is 0 Å². The van der Waals surface area contributed by atoms with E-state index in [9.17, 15) is 8.78 Å². The van der Waals surface area contributed by atoms with E-state index in [4.69, 9.17) is 18.9 Å². The average molecular weight is 2080 g/mol. The van der Waals surface area contributed by atoms with E-state index in [1.165, 1.54) is 248 Å². The first-order valence-electron chi connectivity index (χ1n) is 60.1. The van der Waals surface area contributed by atoms with Gasteiger partial charge in [-0.25, -0.2) is 8.78 Å². The molecule has 0 radical (unpaired) electrons. The minimum Gasteiger partial charge on any atom is -0.381 e. The highest BCUT2D eigenvalue weighted by molar-refractivity contribution is 4.92. The van der Waals surface area contributed by atoms with E-state index in [0.29, 0.717) is 103 Å². The van der Waals surface area contributed by atoms with Crippen LogP contribution < -0.4 is 0 Å². The fraction of sp³-hybridized carbons (Fsp3) is 1.00. The number of likely N-dealkylation sites (N-methyl/N-ethyl adjacent to an activating group) is 1. The number of hydrogen-bond donors (Lipinski definition) is 0. The molecule has 0 aromatic carbocycles. The van der Waals surface area contributed by atoms with E-state index >= 15 is 0 Å². The first-order chi connectivity index (χ1) is 67.1. The number of rotatable bonds is 20. The summed E-state index contributed by atoms with van der Waals surface area (Å²) in [5, 5.41) is 0. The highest BCUT2D eigenvalue weighted by Gasteiger charge is 2.37. The third kappa shape index (κ3) is 73.6. The molecule has 0 aromatic heterocycles. The number of piperazine rings is 7. The van der Waals surface area contributed by atoms with Crippen molar-refractivity contribution in [3.63, 3.8) is 0 Å². The molecule has 1 saturated carbocycles. The van der Waals surface area contributed by atoms with Gasteiger partial charge in [0.05, 0.1) is 44.7 Å². The van der Waals surface area contributed by atoms with Crippen LogP contribution in [0.5, 0.6) is 0 Å². The van der Waals surface area contributed by atoms with Crippen LogP contribution in [0.4, 0.5) is 8.78 Å². The minimum absolute atomic E-state index is 0.209. The van der Waals surface area contributed by atoms with Crippen LogP contribution in [0.1, 0.15) is 336 Å². The first kappa shape index (κ1) is 139. The third-order valence-corrected chi connectivity index (χ3v) is 28.5. The van der Waals surface area contributed by atoms with Gasteiger partial charge in [0.1, 0.15) is 12.8 Å². The second-order valence-electron chi connectivity index (χ2n) is 61.2. The topological polar surface area (TPSA) is 92.0 Å². The molecule has 12 aliphatic heterocycles. The Morgan fingerprint density at radius 1 is 0.274 bits per heavy atom. The van der Waals surface area contributed by atoms with Crippen LogP contribution in [0.3, 0.4) is 0 Å². The summed E-state index contributed by atoms with van der Waals surface area (Å²) in [6.45, 7) is 158. The average Bonchev–Trinajstić information content (AvgIpc) is 1.68. The summed E-state index contributed by atoms with van der Waals surface area (Å²) in [5.41, 5.74) is 4.68. The Kier molecular flexibility index (Phi) is 64.3. The van der Waals surface area contributed by atoms with Gasteiger partial charge in [0, 0.05) is 332 Å². The van der Waals surface area contributed by atoms with E-state index in [0.717, 1.165) is 142 Å². The van der Waals surface area contributed by atoms with Gasteiger partial charge in [-0.05, 0) is 165 Å². The molecule has 21 nitrogen and oxygen atoms in total. The quantitative estimate of drug-likeness (QED) is 0.116. The molecule has 0 unspecified atom stereocenters. The van der Waals surface area contributed by atoms with E-state index in [2.05, 4.69) is 381 Å². The first-order valence-corrected chi connectivity index (χ1v) is 60.1. The van der Waals surface area contributed by atoms with Gasteiger partial charge in [-0.2, -0.15) is 0 Å². The molecule has 23 heteroatoms. The molecule has 13 aliphatic rings. The van der Waals surface area contributed by atoms with E-state index < -0.39 is 6.17 Å². The number of alkyl halides is 2. The van der Waals surface area contributed by atoms with Crippen molar-refractivity contribution >= 4 is 0 Å². The fourth-order valence-corrected chi connectivity index (χ4v) is 22.7. The number of ether oxygens (including phenoxy) is 4. The van der Waals surface area contributed by atoms with E-state index in [1.807, 2.05) is 0 Å². The highest BCUT2D eigenvalue weighted by Crippen LogP contribution is 2.33. The van der Waals surface area contributed by atoms with Gasteiger partial charge in [-0.3, -0.25) is 39.2 Å². The number of halogens is 2. The molecule has 12 heterocycles. The van der Waals surface area contributed by atoms with Gasteiger partial charge >= 0.3 is 0 Å². The molecule has 1 aliphatic carbocycles. The fourth-order valence-electron chi connectivity index (χ4n) is 22.7. The zero-order chi connectivity index (χ0) is 111.